The van der Waals surface area contributed by atoms with Crippen LogP contribution in [-0.4, -0.2) is 74.2 Å². The minimum absolute atomic E-state index is 0.00640. The van der Waals surface area contributed by atoms with E-state index in [1.54, 1.807) is 11.0 Å². The summed E-state index contributed by atoms with van der Waals surface area (Å²) in [5.74, 6) is 0.633. The maximum absolute atomic E-state index is 14.1. The molecular weight excluding hydrogens is 573 g/mol. The predicted molar refractivity (Wildman–Crippen MR) is 167 cm³/mol. The Morgan fingerprint density at radius 3 is 2.60 bits per heavy atom. The van der Waals surface area contributed by atoms with Crippen LogP contribution in [0.15, 0.2) is 60.7 Å². The van der Waals surface area contributed by atoms with E-state index in [-0.39, 0.29) is 18.4 Å². The highest BCUT2D eigenvalue weighted by Crippen LogP contribution is 2.39. The first-order valence-electron chi connectivity index (χ1n) is 14.3. The zero-order chi connectivity index (χ0) is 29.9. The van der Waals surface area contributed by atoms with E-state index in [0.29, 0.717) is 48.1 Å². The van der Waals surface area contributed by atoms with Gasteiger partial charge in [-0.3, -0.25) is 9.59 Å². The Morgan fingerprint density at radius 2 is 1.79 bits per heavy atom. The number of para-hydroxylation sites is 1. The van der Waals surface area contributed by atoms with Crippen molar-refractivity contribution in [3.8, 4) is 5.75 Å². The van der Waals surface area contributed by atoms with E-state index in [1.165, 1.54) is 7.11 Å². The van der Waals surface area contributed by atoms with Crippen LogP contribution in [0.4, 0.5) is 5.69 Å². The maximum atomic E-state index is 14.1. The second kappa shape index (κ2) is 13.0. The lowest BCUT2D eigenvalue weighted by Gasteiger charge is -2.28. The lowest BCUT2D eigenvalue weighted by molar-refractivity contribution is -0.122. The number of nitrogens with zero attached hydrogens (tertiary/aromatic N) is 3. The zero-order valence-electron chi connectivity index (χ0n) is 24.4. The van der Waals surface area contributed by atoms with Gasteiger partial charge in [-0.2, -0.15) is 0 Å². The molecule has 0 fully saturated rings. The van der Waals surface area contributed by atoms with Crippen LogP contribution < -0.4 is 9.64 Å². The summed E-state index contributed by atoms with van der Waals surface area (Å²) < 4.78 is 11.6. The van der Waals surface area contributed by atoms with Crippen molar-refractivity contribution in [3.63, 3.8) is 0 Å². The number of carbonyl (C=O) groups excluding carboxylic acids is 2. The minimum atomic E-state index is -0.507. The Kier molecular flexibility index (Phi) is 9.43. The number of hydrogen-bond acceptors (Lipinski definition) is 5. The van der Waals surface area contributed by atoms with Crippen molar-refractivity contribution in [2.45, 2.75) is 38.3 Å². The summed E-state index contributed by atoms with van der Waals surface area (Å²) in [6, 6.07) is 19.2. The smallest absolute Gasteiger partial charge is 0.254 e. The third-order valence-electron chi connectivity index (χ3n) is 8.00. The summed E-state index contributed by atoms with van der Waals surface area (Å²) in [4.78, 5) is 32.9. The van der Waals surface area contributed by atoms with Crippen LogP contribution in [0.3, 0.4) is 0 Å². The third-order valence-corrected chi connectivity index (χ3v) is 8.86. The van der Waals surface area contributed by atoms with E-state index in [1.807, 2.05) is 59.5 Å². The second-order valence-corrected chi connectivity index (χ2v) is 12.2. The summed E-state index contributed by atoms with van der Waals surface area (Å²) in [6.45, 7) is 5.14. The Labute approximate surface area is 257 Å². The average Bonchev–Trinajstić information content (AvgIpc) is 3.29. The molecule has 0 radical (unpaired) electrons. The normalized spacial score (nSPS) is 19.5. The standard InChI is InChI=1S/C33H37Cl2N3O4/c1-33(19-24-9-6-10-27(34)31(24)35)20-26-18-23(12-13-29(26)42-33)32(40)37-17-16-36(2)14-7-15-38(30(39)22-41-3)28-11-5-4-8-25(28)21-37/h4-6,8-13,18H,7,14-17,19-22H2,1-3H3. The highest BCUT2D eigenvalue weighted by molar-refractivity contribution is 6.42. The second-order valence-electron chi connectivity index (χ2n) is 11.4. The molecule has 0 N–H and O–H groups in total. The topological polar surface area (TPSA) is 62.3 Å². The predicted octanol–water partition coefficient (Wildman–Crippen LogP) is 5.89. The van der Waals surface area contributed by atoms with Crippen molar-refractivity contribution < 1.29 is 19.1 Å². The van der Waals surface area contributed by atoms with Gasteiger partial charge in [-0.25, -0.2) is 0 Å². The Bertz CT molecular complexity index is 1460. The monoisotopic (exact) mass is 609 g/mol. The van der Waals surface area contributed by atoms with Gasteiger partial charge in [0.05, 0.1) is 10.0 Å². The molecule has 2 amide bonds. The molecule has 2 aliphatic rings. The molecule has 0 spiro atoms. The molecule has 222 valence electrons. The number of methoxy groups -OCH3 is 1. The average molecular weight is 611 g/mol. The fraction of sp³-hybridized carbons (Fsp3) is 0.394. The summed E-state index contributed by atoms with van der Waals surface area (Å²) in [6.07, 6.45) is 2.06. The van der Waals surface area contributed by atoms with Gasteiger partial charge in [-0.1, -0.05) is 53.5 Å². The lowest BCUT2D eigenvalue weighted by Crippen LogP contribution is -2.37. The third kappa shape index (κ3) is 6.76. The van der Waals surface area contributed by atoms with Crippen molar-refractivity contribution in [1.29, 1.82) is 0 Å². The molecular formula is C33H37Cl2N3O4. The highest BCUT2D eigenvalue weighted by Gasteiger charge is 2.36. The highest BCUT2D eigenvalue weighted by atomic mass is 35.5. The number of carbonyl (C=O) groups is 2. The van der Waals surface area contributed by atoms with Crippen molar-refractivity contribution in [3.05, 3.63) is 93.0 Å². The molecule has 1 atom stereocenters. The van der Waals surface area contributed by atoms with Crippen molar-refractivity contribution in [2.75, 3.05) is 51.8 Å². The molecule has 7 nitrogen and oxygen atoms in total. The minimum Gasteiger partial charge on any atom is -0.487 e. The summed E-state index contributed by atoms with van der Waals surface area (Å²) in [5.41, 5.74) is 3.78. The molecule has 0 bridgehead atoms. The molecule has 2 aliphatic heterocycles. The number of fused-ring (bicyclic) bond motifs is 2. The lowest BCUT2D eigenvalue weighted by atomic mass is 9.91. The van der Waals surface area contributed by atoms with Gasteiger partial charge in [-0.15, -0.1) is 0 Å². The first kappa shape index (κ1) is 30.4. The Hall–Kier alpha value is -3.10. The molecule has 42 heavy (non-hydrogen) atoms. The van der Waals surface area contributed by atoms with E-state index in [4.69, 9.17) is 32.7 Å². The Balaban J connectivity index is 1.40. The van der Waals surface area contributed by atoms with E-state index >= 15 is 0 Å². The van der Waals surface area contributed by atoms with Crippen molar-refractivity contribution in [2.24, 2.45) is 0 Å². The van der Waals surface area contributed by atoms with Gasteiger partial charge in [0.25, 0.3) is 11.8 Å². The van der Waals surface area contributed by atoms with Gasteiger partial charge in [0.1, 0.15) is 18.0 Å². The first-order chi connectivity index (χ1) is 20.2. The number of halogens is 2. The van der Waals surface area contributed by atoms with Gasteiger partial charge < -0.3 is 24.2 Å². The van der Waals surface area contributed by atoms with Gasteiger partial charge in [0, 0.05) is 57.4 Å². The number of rotatable bonds is 5. The van der Waals surface area contributed by atoms with E-state index in [2.05, 4.69) is 18.9 Å². The van der Waals surface area contributed by atoms with Crippen LogP contribution in [0.1, 0.15) is 40.4 Å². The molecule has 0 aliphatic carbocycles. The van der Waals surface area contributed by atoms with Crippen LogP contribution in [0.2, 0.25) is 10.0 Å². The van der Waals surface area contributed by atoms with Gasteiger partial charge >= 0.3 is 0 Å². The molecule has 9 heteroatoms. The first-order valence-corrected chi connectivity index (χ1v) is 15.0. The fourth-order valence-electron chi connectivity index (χ4n) is 5.87. The van der Waals surface area contributed by atoms with E-state index in [0.717, 1.165) is 47.6 Å². The van der Waals surface area contributed by atoms with Crippen LogP contribution in [0.5, 0.6) is 5.75 Å². The number of benzene rings is 3. The van der Waals surface area contributed by atoms with Gasteiger partial charge in [-0.05, 0) is 74.0 Å². The number of ether oxygens (including phenoxy) is 2. The van der Waals surface area contributed by atoms with E-state index in [9.17, 15) is 9.59 Å². The summed E-state index contributed by atoms with van der Waals surface area (Å²) in [7, 11) is 3.58. The van der Waals surface area contributed by atoms with Crippen LogP contribution in [-0.2, 0) is 28.9 Å². The SMILES string of the molecule is COCC(=O)N1CCCN(C)CCN(C(=O)c2ccc3c(c2)CC(C)(Cc2cccc(Cl)c2Cl)O3)Cc2ccccc21. The van der Waals surface area contributed by atoms with Crippen LogP contribution in [0.25, 0.3) is 0 Å². The number of amides is 2. The quantitative estimate of drug-likeness (QED) is 0.361. The molecule has 3 aromatic carbocycles. The number of anilines is 1. The molecule has 0 aromatic heterocycles. The molecule has 0 saturated carbocycles. The summed E-state index contributed by atoms with van der Waals surface area (Å²) >= 11 is 12.7. The molecule has 1 unspecified atom stereocenters. The number of hydrogen-bond donors (Lipinski definition) is 0. The van der Waals surface area contributed by atoms with Gasteiger partial charge in [0.15, 0.2) is 0 Å². The maximum Gasteiger partial charge on any atom is 0.254 e. The molecule has 2 heterocycles. The van der Waals surface area contributed by atoms with Crippen molar-refractivity contribution >= 4 is 40.7 Å². The molecule has 3 aromatic rings. The molecule has 5 rings (SSSR count). The Morgan fingerprint density at radius 1 is 0.976 bits per heavy atom. The fourth-order valence-corrected chi connectivity index (χ4v) is 6.26. The molecule has 0 saturated heterocycles. The zero-order valence-corrected chi connectivity index (χ0v) is 25.9. The van der Waals surface area contributed by atoms with Crippen LogP contribution in [0, 0.1) is 0 Å². The van der Waals surface area contributed by atoms with Gasteiger partial charge in [0.2, 0.25) is 0 Å². The van der Waals surface area contributed by atoms with Crippen LogP contribution >= 0.6 is 23.2 Å². The number of likely N-dealkylation sites (N-methyl/N-ethyl adjacent to an activating group) is 1. The largest absolute Gasteiger partial charge is 0.487 e. The van der Waals surface area contributed by atoms with Crippen molar-refractivity contribution in [1.82, 2.24) is 9.80 Å². The summed E-state index contributed by atoms with van der Waals surface area (Å²) in [5, 5.41) is 1.07. The van der Waals surface area contributed by atoms with E-state index < -0.39 is 5.60 Å².